The predicted octanol–water partition coefficient (Wildman–Crippen LogP) is 4.14. The minimum Gasteiger partial charge on any atom is -0.444 e. The molecule has 0 unspecified atom stereocenters. The van der Waals surface area contributed by atoms with Crippen LogP contribution in [0.4, 0.5) is 10.5 Å². The van der Waals surface area contributed by atoms with E-state index in [4.69, 9.17) is 10.5 Å². The molecule has 0 saturated carbocycles. The fourth-order valence-corrected chi connectivity index (χ4v) is 3.63. The quantitative estimate of drug-likeness (QED) is 0.798. The zero-order valence-corrected chi connectivity index (χ0v) is 18.2. The zero-order valence-electron chi connectivity index (χ0n) is 18.2. The van der Waals surface area contributed by atoms with Gasteiger partial charge in [0.2, 0.25) is 5.91 Å². The molecule has 3 rings (SSSR count). The van der Waals surface area contributed by atoms with Crippen molar-refractivity contribution >= 4 is 17.7 Å². The second-order valence-corrected chi connectivity index (χ2v) is 8.89. The van der Waals surface area contributed by atoms with E-state index < -0.39 is 17.7 Å². The average molecular weight is 410 g/mol. The number of nitrogens with one attached hydrogen (secondary N) is 1. The van der Waals surface area contributed by atoms with Crippen LogP contribution >= 0.6 is 0 Å². The number of aryl methyl sites for hydroxylation is 2. The van der Waals surface area contributed by atoms with Gasteiger partial charge in [0.15, 0.2) is 0 Å². The van der Waals surface area contributed by atoms with Crippen molar-refractivity contribution in [2.24, 2.45) is 5.73 Å². The summed E-state index contributed by atoms with van der Waals surface area (Å²) in [7, 11) is 0. The van der Waals surface area contributed by atoms with E-state index in [-0.39, 0.29) is 5.91 Å². The van der Waals surface area contributed by atoms with Crippen LogP contribution in [0.25, 0.3) is 0 Å². The fourth-order valence-electron chi connectivity index (χ4n) is 3.63. The molecule has 2 aromatic carbocycles. The monoisotopic (exact) mass is 409 g/mol. The highest BCUT2D eigenvalue weighted by Crippen LogP contribution is 2.27. The molecule has 0 bridgehead atoms. The van der Waals surface area contributed by atoms with Gasteiger partial charge in [0.05, 0.1) is 6.04 Å². The van der Waals surface area contributed by atoms with Gasteiger partial charge in [0.1, 0.15) is 5.60 Å². The maximum Gasteiger partial charge on any atom is 0.412 e. The summed E-state index contributed by atoms with van der Waals surface area (Å²) in [4.78, 5) is 27.0. The molecule has 1 aliphatic heterocycles. The van der Waals surface area contributed by atoms with Gasteiger partial charge in [-0.2, -0.15) is 0 Å². The van der Waals surface area contributed by atoms with Crippen molar-refractivity contribution < 1.29 is 14.3 Å². The molecule has 0 radical (unpaired) electrons. The number of benzene rings is 2. The molecular formula is C24H31N3O3. The lowest BCUT2D eigenvalue weighted by molar-refractivity contribution is -0.134. The van der Waals surface area contributed by atoms with Crippen molar-refractivity contribution in [3.63, 3.8) is 0 Å². The Bertz CT molecular complexity index is 919. The number of rotatable bonds is 3. The van der Waals surface area contributed by atoms with E-state index in [1.54, 1.807) is 4.90 Å². The lowest BCUT2D eigenvalue weighted by Crippen LogP contribution is -2.44. The number of anilines is 1. The number of amides is 2. The van der Waals surface area contributed by atoms with E-state index in [1.165, 1.54) is 0 Å². The molecule has 0 aliphatic carbocycles. The van der Waals surface area contributed by atoms with Gasteiger partial charge in [0, 0.05) is 18.8 Å². The molecule has 0 saturated heterocycles. The average Bonchev–Trinajstić information content (AvgIpc) is 2.66. The fraction of sp³-hybridized carbons (Fsp3) is 0.417. The molecule has 2 aromatic rings. The Balaban J connectivity index is 1.88. The molecule has 6 nitrogen and oxygen atoms in total. The maximum absolute atomic E-state index is 12.9. The van der Waals surface area contributed by atoms with Crippen LogP contribution in [-0.4, -0.2) is 28.5 Å². The predicted molar refractivity (Wildman–Crippen MR) is 118 cm³/mol. The summed E-state index contributed by atoms with van der Waals surface area (Å²) in [6.07, 6.45) is 0.834. The first kappa shape index (κ1) is 21.8. The molecule has 0 spiro atoms. The topological polar surface area (TPSA) is 84.7 Å². The highest BCUT2D eigenvalue weighted by molar-refractivity contribution is 5.86. The Morgan fingerprint density at radius 2 is 1.90 bits per heavy atom. The summed E-state index contributed by atoms with van der Waals surface area (Å²) in [5.74, 6) is -0.0493. The molecule has 3 N–H and O–H groups in total. The number of hydrogen-bond donors (Lipinski definition) is 2. The lowest BCUT2D eigenvalue weighted by atomic mass is 9.94. The molecule has 160 valence electrons. The van der Waals surface area contributed by atoms with E-state index >= 15 is 0 Å². The van der Waals surface area contributed by atoms with Crippen LogP contribution < -0.4 is 11.1 Å². The number of nitrogens with zero attached hydrogens (tertiary/aromatic N) is 1. The third-order valence-corrected chi connectivity index (χ3v) is 5.11. The van der Waals surface area contributed by atoms with Gasteiger partial charge in [-0.1, -0.05) is 36.4 Å². The minimum absolute atomic E-state index is 0.0493. The highest BCUT2D eigenvalue weighted by Gasteiger charge is 2.26. The van der Waals surface area contributed by atoms with Gasteiger partial charge in [0.25, 0.3) is 0 Å². The second kappa shape index (κ2) is 8.88. The van der Waals surface area contributed by atoms with Gasteiger partial charge < -0.3 is 15.4 Å². The molecule has 0 aromatic heterocycles. The number of ether oxygens (including phenoxy) is 1. The van der Waals surface area contributed by atoms with Crippen LogP contribution in [0.15, 0.2) is 42.5 Å². The van der Waals surface area contributed by atoms with E-state index in [1.807, 2.05) is 64.1 Å². The highest BCUT2D eigenvalue weighted by atomic mass is 16.6. The summed E-state index contributed by atoms with van der Waals surface area (Å²) in [5, 5.41) is 2.85. The smallest absolute Gasteiger partial charge is 0.412 e. The van der Waals surface area contributed by atoms with Crippen molar-refractivity contribution in [1.29, 1.82) is 0 Å². The maximum atomic E-state index is 12.9. The minimum atomic E-state index is -0.573. The summed E-state index contributed by atoms with van der Waals surface area (Å²) in [6, 6.07) is 13.4. The molecular weight excluding hydrogens is 378 g/mol. The van der Waals surface area contributed by atoms with Crippen LogP contribution in [0.2, 0.25) is 0 Å². The van der Waals surface area contributed by atoms with E-state index in [2.05, 4.69) is 11.4 Å². The Morgan fingerprint density at radius 1 is 1.20 bits per heavy atom. The lowest BCUT2D eigenvalue weighted by Gasteiger charge is -2.30. The number of nitrogens with two attached hydrogens (primary N) is 1. The van der Waals surface area contributed by atoms with Crippen molar-refractivity contribution in [2.45, 2.75) is 65.3 Å². The molecule has 1 atom stereocenters. The number of carbonyl (C=O) groups is 2. The SMILES string of the molecule is Cc1cc2c(cc1NC(=O)OC(C)(C)C)CN(Cc1ccccc1)C(=O)[C@H](N)CC2. The van der Waals surface area contributed by atoms with Crippen LogP contribution in [0.1, 0.15) is 49.4 Å². The normalized spacial score (nSPS) is 17.0. The largest absolute Gasteiger partial charge is 0.444 e. The van der Waals surface area contributed by atoms with E-state index in [0.717, 1.165) is 28.7 Å². The summed E-state index contributed by atoms with van der Waals surface area (Å²) >= 11 is 0. The molecule has 1 aliphatic rings. The number of carbonyl (C=O) groups excluding carboxylic acids is 2. The van der Waals surface area contributed by atoms with Crippen LogP contribution in [0.5, 0.6) is 0 Å². The first-order valence-corrected chi connectivity index (χ1v) is 10.3. The van der Waals surface area contributed by atoms with Gasteiger partial charge >= 0.3 is 6.09 Å². The van der Waals surface area contributed by atoms with E-state index in [0.29, 0.717) is 25.2 Å². The van der Waals surface area contributed by atoms with Crippen LogP contribution in [-0.2, 0) is 29.0 Å². The molecule has 2 amide bonds. The van der Waals surface area contributed by atoms with Gasteiger partial charge in [-0.05, 0) is 68.9 Å². The molecule has 1 heterocycles. The Kier molecular flexibility index (Phi) is 6.46. The first-order valence-electron chi connectivity index (χ1n) is 10.3. The summed E-state index contributed by atoms with van der Waals surface area (Å²) in [6.45, 7) is 8.39. The van der Waals surface area contributed by atoms with Crippen molar-refractivity contribution in [1.82, 2.24) is 4.90 Å². The van der Waals surface area contributed by atoms with E-state index in [9.17, 15) is 9.59 Å². The van der Waals surface area contributed by atoms with Crippen molar-refractivity contribution in [2.75, 3.05) is 5.32 Å². The number of fused-ring (bicyclic) bond motifs is 1. The first-order chi connectivity index (χ1) is 14.1. The number of hydrogen-bond acceptors (Lipinski definition) is 4. The Morgan fingerprint density at radius 3 is 2.57 bits per heavy atom. The van der Waals surface area contributed by atoms with Crippen LogP contribution in [0.3, 0.4) is 0 Å². The molecule has 6 heteroatoms. The summed E-state index contributed by atoms with van der Waals surface area (Å²) < 4.78 is 5.39. The Hall–Kier alpha value is -2.86. The van der Waals surface area contributed by atoms with Crippen molar-refractivity contribution in [3.8, 4) is 0 Å². The zero-order chi connectivity index (χ0) is 21.9. The van der Waals surface area contributed by atoms with Gasteiger partial charge in [-0.3, -0.25) is 10.1 Å². The van der Waals surface area contributed by atoms with Gasteiger partial charge in [-0.25, -0.2) is 4.79 Å². The third-order valence-electron chi connectivity index (χ3n) is 5.11. The summed E-state index contributed by atoms with van der Waals surface area (Å²) in [5.41, 5.74) is 10.5. The van der Waals surface area contributed by atoms with Crippen LogP contribution in [0, 0.1) is 6.92 Å². The molecule has 0 fully saturated rings. The Labute approximate surface area is 178 Å². The second-order valence-electron chi connectivity index (χ2n) is 8.89. The third kappa shape index (κ3) is 5.60. The van der Waals surface area contributed by atoms with Crippen molar-refractivity contribution in [3.05, 3.63) is 64.7 Å². The standard InChI is InChI=1S/C24H31N3O3/c1-16-12-18-10-11-20(25)22(28)27(14-17-8-6-5-7-9-17)15-19(18)13-21(16)26-23(29)30-24(2,3)4/h5-9,12-13,20H,10-11,14-15,25H2,1-4H3,(H,26,29)/t20-/m1/s1. The van der Waals surface area contributed by atoms with Gasteiger partial charge in [-0.15, -0.1) is 0 Å². The molecule has 30 heavy (non-hydrogen) atoms.